The van der Waals surface area contributed by atoms with Gasteiger partial charge in [0.1, 0.15) is 5.75 Å². The number of rotatable bonds is 4. The Hall–Kier alpha value is -2.56. The van der Waals surface area contributed by atoms with E-state index in [2.05, 4.69) is 10.6 Å². The van der Waals surface area contributed by atoms with E-state index in [4.69, 9.17) is 28.6 Å². The van der Waals surface area contributed by atoms with Crippen LogP contribution in [-0.4, -0.2) is 5.11 Å². The average molecular weight is 369 g/mol. The standard InChI is InChI=1S/C20H17ClN2OS/c1-14-7-10-16(11-8-14)22-20(25)23-18-13-15(21)9-12-19(18)24-17-5-3-2-4-6-17/h2-13H,1H3,(H2,22,23,25). The minimum absolute atomic E-state index is 0.462. The molecule has 0 amide bonds. The van der Waals surface area contributed by atoms with Crippen LogP contribution < -0.4 is 15.4 Å². The number of para-hydroxylation sites is 1. The van der Waals surface area contributed by atoms with Crippen LogP contribution in [0.15, 0.2) is 72.8 Å². The molecule has 3 aromatic carbocycles. The second kappa shape index (κ2) is 8.01. The fourth-order valence-corrected chi connectivity index (χ4v) is 2.63. The van der Waals surface area contributed by atoms with Crippen molar-refractivity contribution < 1.29 is 4.74 Å². The number of aryl methyl sites for hydroxylation is 1. The van der Waals surface area contributed by atoms with Crippen LogP contribution in [0.1, 0.15) is 5.56 Å². The number of benzene rings is 3. The topological polar surface area (TPSA) is 33.3 Å². The molecule has 5 heteroatoms. The van der Waals surface area contributed by atoms with Crippen molar-refractivity contribution >= 4 is 40.3 Å². The molecule has 0 aliphatic heterocycles. The molecule has 0 saturated carbocycles. The third kappa shape index (κ3) is 4.95. The Bertz CT molecular complexity index is 867. The second-order valence-electron chi connectivity index (χ2n) is 5.50. The van der Waals surface area contributed by atoms with Crippen LogP contribution >= 0.6 is 23.8 Å². The Kier molecular flexibility index (Phi) is 5.53. The van der Waals surface area contributed by atoms with Gasteiger partial charge in [0.05, 0.1) is 5.69 Å². The lowest BCUT2D eigenvalue weighted by molar-refractivity contribution is 0.485. The monoisotopic (exact) mass is 368 g/mol. The van der Waals surface area contributed by atoms with Gasteiger partial charge in [0.2, 0.25) is 0 Å². The molecule has 0 aliphatic rings. The Morgan fingerprint density at radius 1 is 0.920 bits per heavy atom. The minimum atomic E-state index is 0.462. The Morgan fingerprint density at radius 2 is 1.64 bits per heavy atom. The van der Waals surface area contributed by atoms with Crippen molar-refractivity contribution in [2.75, 3.05) is 10.6 Å². The molecule has 3 rings (SSSR count). The van der Waals surface area contributed by atoms with E-state index in [1.165, 1.54) is 5.56 Å². The largest absolute Gasteiger partial charge is 0.455 e. The van der Waals surface area contributed by atoms with Gasteiger partial charge in [0.25, 0.3) is 0 Å². The number of hydrogen-bond acceptors (Lipinski definition) is 2. The first-order valence-electron chi connectivity index (χ1n) is 7.77. The number of halogens is 1. The molecule has 0 spiro atoms. The van der Waals surface area contributed by atoms with Crippen molar-refractivity contribution in [1.82, 2.24) is 0 Å². The van der Waals surface area contributed by atoms with Crippen molar-refractivity contribution in [3.05, 3.63) is 83.4 Å². The van der Waals surface area contributed by atoms with E-state index in [1.54, 1.807) is 12.1 Å². The van der Waals surface area contributed by atoms with Gasteiger partial charge in [0, 0.05) is 10.7 Å². The summed E-state index contributed by atoms with van der Waals surface area (Å²) >= 11 is 11.5. The van der Waals surface area contributed by atoms with Gasteiger partial charge in [-0.15, -0.1) is 0 Å². The van der Waals surface area contributed by atoms with E-state index >= 15 is 0 Å². The lowest BCUT2D eigenvalue weighted by Gasteiger charge is -2.15. The third-order valence-electron chi connectivity index (χ3n) is 3.47. The predicted octanol–water partition coefficient (Wildman–Crippen LogP) is 6.25. The first kappa shape index (κ1) is 17.3. The molecule has 3 aromatic rings. The van der Waals surface area contributed by atoms with Crippen molar-refractivity contribution in [1.29, 1.82) is 0 Å². The highest BCUT2D eigenvalue weighted by atomic mass is 35.5. The van der Waals surface area contributed by atoms with E-state index in [-0.39, 0.29) is 0 Å². The van der Waals surface area contributed by atoms with Crippen molar-refractivity contribution in [3.8, 4) is 11.5 Å². The molecule has 0 saturated heterocycles. The SMILES string of the molecule is Cc1ccc(NC(=S)Nc2cc(Cl)ccc2Oc2ccccc2)cc1. The predicted molar refractivity (Wildman–Crippen MR) is 109 cm³/mol. The van der Waals surface area contributed by atoms with Crippen LogP contribution in [0.25, 0.3) is 0 Å². The van der Waals surface area contributed by atoms with E-state index in [0.717, 1.165) is 11.4 Å². The van der Waals surface area contributed by atoms with Gasteiger partial charge in [-0.25, -0.2) is 0 Å². The number of nitrogens with one attached hydrogen (secondary N) is 2. The summed E-state index contributed by atoms with van der Waals surface area (Å²) in [5.41, 5.74) is 2.80. The second-order valence-corrected chi connectivity index (χ2v) is 6.35. The maximum Gasteiger partial charge on any atom is 0.175 e. The highest BCUT2D eigenvalue weighted by molar-refractivity contribution is 7.80. The highest BCUT2D eigenvalue weighted by Crippen LogP contribution is 2.32. The van der Waals surface area contributed by atoms with E-state index < -0.39 is 0 Å². The third-order valence-corrected chi connectivity index (χ3v) is 3.91. The molecule has 0 aliphatic carbocycles. The number of thiocarbonyl (C=S) groups is 1. The van der Waals surface area contributed by atoms with E-state index in [1.807, 2.05) is 67.6 Å². The smallest absolute Gasteiger partial charge is 0.175 e. The van der Waals surface area contributed by atoms with Crippen LogP contribution in [0, 0.1) is 6.92 Å². The first-order valence-corrected chi connectivity index (χ1v) is 8.56. The van der Waals surface area contributed by atoms with Gasteiger partial charge in [-0.2, -0.15) is 0 Å². The molecule has 25 heavy (non-hydrogen) atoms. The molecule has 126 valence electrons. The lowest BCUT2D eigenvalue weighted by Crippen LogP contribution is -2.19. The molecule has 3 nitrogen and oxygen atoms in total. The van der Waals surface area contributed by atoms with E-state index in [9.17, 15) is 0 Å². The molecular formula is C20H17ClN2OS. The molecule has 0 bridgehead atoms. The Balaban J connectivity index is 1.75. The summed E-state index contributed by atoms with van der Waals surface area (Å²) in [7, 11) is 0. The van der Waals surface area contributed by atoms with Gasteiger partial charge in [-0.1, -0.05) is 47.5 Å². The summed E-state index contributed by atoms with van der Waals surface area (Å²) in [6.45, 7) is 2.04. The summed E-state index contributed by atoms with van der Waals surface area (Å²) in [5, 5.41) is 7.36. The molecule has 0 atom stereocenters. The molecular weight excluding hydrogens is 352 g/mol. The summed E-state index contributed by atoms with van der Waals surface area (Å²) < 4.78 is 5.92. The van der Waals surface area contributed by atoms with Gasteiger partial charge < -0.3 is 15.4 Å². The zero-order chi connectivity index (χ0) is 17.6. The van der Waals surface area contributed by atoms with Gasteiger partial charge in [0.15, 0.2) is 10.9 Å². The fourth-order valence-electron chi connectivity index (χ4n) is 2.23. The van der Waals surface area contributed by atoms with Crippen LogP contribution in [0.4, 0.5) is 11.4 Å². The molecule has 0 unspecified atom stereocenters. The molecule has 0 aromatic heterocycles. The van der Waals surface area contributed by atoms with Crippen molar-refractivity contribution in [2.24, 2.45) is 0 Å². The number of anilines is 2. The fraction of sp³-hybridized carbons (Fsp3) is 0.0500. The lowest BCUT2D eigenvalue weighted by atomic mass is 10.2. The van der Waals surface area contributed by atoms with Crippen molar-refractivity contribution in [2.45, 2.75) is 6.92 Å². The first-order chi connectivity index (χ1) is 12.1. The van der Waals surface area contributed by atoms with Gasteiger partial charge in [-0.05, 0) is 61.6 Å². The molecule has 0 fully saturated rings. The normalized spacial score (nSPS) is 10.2. The zero-order valence-corrected chi connectivity index (χ0v) is 15.2. The molecule has 0 radical (unpaired) electrons. The van der Waals surface area contributed by atoms with Gasteiger partial charge >= 0.3 is 0 Å². The van der Waals surface area contributed by atoms with Crippen LogP contribution in [-0.2, 0) is 0 Å². The average Bonchev–Trinajstić information content (AvgIpc) is 2.60. The van der Waals surface area contributed by atoms with Crippen LogP contribution in [0.5, 0.6) is 11.5 Å². The molecule has 0 heterocycles. The Morgan fingerprint density at radius 3 is 2.36 bits per heavy atom. The maximum atomic E-state index is 6.12. The maximum absolute atomic E-state index is 6.12. The molecule has 2 N–H and O–H groups in total. The number of ether oxygens (including phenoxy) is 1. The highest BCUT2D eigenvalue weighted by Gasteiger charge is 2.08. The summed E-state index contributed by atoms with van der Waals surface area (Å²) in [6.07, 6.45) is 0. The van der Waals surface area contributed by atoms with Crippen LogP contribution in [0.3, 0.4) is 0 Å². The summed E-state index contributed by atoms with van der Waals surface area (Å²) in [4.78, 5) is 0. The van der Waals surface area contributed by atoms with Gasteiger partial charge in [-0.3, -0.25) is 0 Å². The summed E-state index contributed by atoms with van der Waals surface area (Å²) in [6, 6.07) is 22.9. The Labute approximate surface area is 157 Å². The summed E-state index contributed by atoms with van der Waals surface area (Å²) in [5.74, 6) is 1.38. The van der Waals surface area contributed by atoms with Crippen molar-refractivity contribution in [3.63, 3.8) is 0 Å². The van der Waals surface area contributed by atoms with E-state index in [0.29, 0.717) is 21.6 Å². The quantitative estimate of drug-likeness (QED) is 0.533. The number of hydrogen-bond donors (Lipinski definition) is 2. The zero-order valence-electron chi connectivity index (χ0n) is 13.6. The van der Waals surface area contributed by atoms with Crippen LogP contribution in [0.2, 0.25) is 5.02 Å². The minimum Gasteiger partial charge on any atom is -0.455 e.